The molecule has 0 N–H and O–H groups in total. The Morgan fingerprint density at radius 1 is 1.17 bits per heavy atom. The number of aromatic nitrogens is 2. The van der Waals surface area contributed by atoms with Crippen molar-refractivity contribution in [3.05, 3.63) is 47.7 Å². The molecule has 4 rings (SSSR count). The van der Waals surface area contributed by atoms with Crippen molar-refractivity contribution in [3.8, 4) is 5.88 Å². The van der Waals surface area contributed by atoms with Crippen LogP contribution in [0.15, 0.2) is 36.4 Å². The predicted octanol–water partition coefficient (Wildman–Crippen LogP) is 5.67. The summed E-state index contributed by atoms with van der Waals surface area (Å²) < 4.78 is 25.7. The lowest BCUT2D eigenvalue weighted by molar-refractivity contribution is -0.394. The molecular weight excluding hydrogens is 446 g/mol. The van der Waals surface area contributed by atoms with Gasteiger partial charge in [-0.05, 0) is 52.0 Å². The number of carbonyl (C=O) groups excluding carboxylic acids is 1. The zero-order chi connectivity index (χ0) is 25.0. The first kappa shape index (κ1) is 25.5. The molecule has 1 atom stereocenters. The lowest BCUT2D eigenvalue weighted by Crippen LogP contribution is -2.48. The Bertz CT molecular complexity index is 959. The van der Waals surface area contributed by atoms with E-state index in [0.717, 1.165) is 24.1 Å². The van der Waals surface area contributed by atoms with Crippen molar-refractivity contribution in [2.24, 2.45) is 5.92 Å². The molecule has 1 unspecified atom stereocenters. The number of carbonyl (C=O) groups is 1. The van der Waals surface area contributed by atoms with Gasteiger partial charge in [-0.1, -0.05) is 49.6 Å². The normalized spacial score (nSPS) is 21.7. The van der Waals surface area contributed by atoms with E-state index in [-0.39, 0.29) is 24.7 Å². The molecule has 0 spiro atoms. The third-order valence-corrected chi connectivity index (χ3v) is 6.43. The highest BCUT2D eigenvalue weighted by Gasteiger charge is 2.42. The van der Waals surface area contributed by atoms with Gasteiger partial charge in [0, 0.05) is 13.1 Å². The van der Waals surface area contributed by atoms with Crippen LogP contribution in [0.3, 0.4) is 0 Å². The fourth-order valence-electron chi connectivity index (χ4n) is 4.76. The van der Waals surface area contributed by atoms with E-state index in [2.05, 4.69) is 0 Å². The highest BCUT2D eigenvalue weighted by atomic mass is 16.9. The number of amides is 1. The first-order valence-corrected chi connectivity index (χ1v) is 12.7. The summed E-state index contributed by atoms with van der Waals surface area (Å²) in [7, 11) is 1.72. The number of hydrogen-bond acceptors (Lipinski definition) is 6. The van der Waals surface area contributed by atoms with Crippen molar-refractivity contribution < 1.29 is 23.7 Å². The maximum atomic E-state index is 12.5. The zero-order valence-corrected chi connectivity index (χ0v) is 21.6. The monoisotopic (exact) mass is 485 g/mol. The van der Waals surface area contributed by atoms with Crippen molar-refractivity contribution in [2.75, 3.05) is 7.05 Å². The number of hydrogen-bond donors (Lipinski definition) is 0. The minimum atomic E-state index is -0.559. The first-order valence-electron chi connectivity index (χ1n) is 12.7. The van der Waals surface area contributed by atoms with Crippen LogP contribution in [0, 0.1) is 5.92 Å². The lowest BCUT2D eigenvalue weighted by atomic mass is 9.83. The number of ether oxygens (including phenoxy) is 4. The predicted molar refractivity (Wildman–Crippen MR) is 132 cm³/mol. The van der Waals surface area contributed by atoms with Gasteiger partial charge >= 0.3 is 6.09 Å². The Hall–Kier alpha value is -2.58. The summed E-state index contributed by atoms with van der Waals surface area (Å²) in [5.41, 5.74) is 1.25. The van der Waals surface area contributed by atoms with Crippen molar-refractivity contribution in [2.45, 2.75) is 97.2 Å². The second-order valence-electron chi connectivity index (χ2n) is 10.6. The van der Waals surface area contributed by atoms with Gasteiger partial charge in [-0.15, -0.1) is 0 Å². The van der Waals surface area contributed by atoms with Gasteiger partial charge in [0.25, 0.3) is 0 Å². The lowest BCUT2D eigenvalue weighted by Gasteiger charge is -2.43. The van der Waals surface area contributed by atoms with Gasteiger partial charge in [0.2, 0.25) is 5.88 Å². The molecule has 2 heterocycles. The minimum absolute atomic E-state index is 0.0853. The van der Waals surface area contributed by atoms with Crippen LogP contribution in [-0.2, 0) is 27.4 Å². The van der Waals surface area contributed by atoms with Gasteiger partial charge in [-0.2, -0.15) is 5.10 Å². The standard InChI is InChI=1S/C27H39N3O5/c1-19-33-25(34-19)24(21-14-10-7-11-15-21)30-23(32-18-20-12-8-6-9-13-20)16-22(28-30)17-29(5)26(31)35-27(2,3)4/h6,8-9,12-13,16,19,21,24-25H,7,10-11,14-15,17-18H2,1-5H3. The van der Waals surface area contributed by atoms with Gasteiger partial charge in [0.05, 0.1) is 12.2 Å². The molecule has 192 valence electrons. The van der Waals surface area contributed by atoms with E-state index in [9.17, 15) is 4.79 Å². The number of benzene rings is 1. The van der Waals surface area contributed by atoms with E-state index in [1.165, 1.54) is 24.2 Å². The molecule has 1 saturated carbocycles. The van der Waals surface area contributed by atoms with E-state index in [1.807, 2.05) is 68.8 Å². The fraction of sp³-hybridized carbons (Fsp3) is 0.630. The third-order valence-electron chi connectivity index (χ3n) is 6.43. The van der Waals surface area contributed by atoms with E-state index >= 15 is 0 Å². The summed E-state index contributed by atoms with van der Waals surface area (Å²) in [5.74, 6) is 1.04. The Balaban J connectivity index is 1.59. The van der Waals surface area contributed by atoms with Crippen molar-refractivity contribution >= 4 is 6.09 Å². The molecule has 2 aromatic rings. The molecule has 1 aromatic heterocycles. The van der Waals surface area contributed by atoms with Crippen LogP contribution in [0.4, 0.5) is 4.79 Å². The third kappa shape index (κ3) is 6.76. The van der Waals surface area contributed by atoms with Crippen LogP contribution >= 0.6 is 0 Å². The van der Waals surface area contributed by atoms with Crippen LogP contribution in [-0.4, -0.2) is 46.0 Å². The van der Waals surface area contributed by atoms with Gasteiger partial charge in [-0.3, -0.25) is 0 Å². The molecule has 1 amide bonds. The molecular formula is C27H39N3O5. The van der Waals surface area contributed by atoms with Crippen molar-refractivity contribution in [1.29, 1.82) is 0 Å². The molecule has 2 fully saturated rings. The van der Waals surface area contributed by atoms with Gasteiger partial charge in [0.1, 0.15) is 18.2 Å². The van der Waals surface area contributed by atoms with E-state index in [4.69, 9.17) is 24.0 Å². The Labute approximate surface area is 208 Å². The molecule has 1 saturated heterocycles. The van der Waals surface area contributed by atoms with E-state index in [0.29, 0.717) is 24.9 Å². The highest BCUT2D eigenvalue weighted by molar-refractivity contribution is 5.67. The van der Waals surface area contributed by atoms with Crippen LogP contribution in [0.1, 0.15) is 77.1 Å². The second-order valence-corrected chi connectivity index (χ2v) is 10.6. The van der Waals surface area contributed by atoms with Crippen molar-refractivity contribution in [1.82, 2.24) is 14.7 Å². The number of rotatable bonds is 8. The zero-order valence-electron chi connectivity index (χ0n) is 21.6. The average Bonchev–Trinajstić information content (AvgIpc) is 3.19. The number of nitrogens with zero attached hydrogens (tertiary/aromatic N) is 3. The Kier molecular flexibility index (Phi) is 8.02. The summed E-state index contributed by atoms with van der Waals surface area (Å²) in [6.45, 7) is 8.22. The molecule has 8 heteroatoms. The Morgan fingerprint density at radius 3 is 2.49 bits per heavy atom. The van der Waals surface area contributed by atoms with E-state index < -0.39 is 5.60 Å². The quantitative estimate of drug-likeness (QED) is 0.480. The van der Waals surface area contributed by atoms with Crippen LogP contribution in [0.2, 0.25) is 0 Å². The topological polar surface area (TPSA) is 75.1 Å². The minimum Gasteiger partial charge on any atom is -0.473 e. The molecule has 1 aliphatic heterocycles. The molecule has 0 bridgehead atoms. The molecule has 35 heavy (non-hydrogen) atoms. The largest absolute Gasteiger partial charge is 0.473 e. The van der Waals surface area contributed by atoms with Crippen LogP contribution in [0.5, 0.6) is 5.88 Å². The maximum absolute atomic E-state index is 12.5. The summed E-state index contributed by atoms with van der Waals surface area (Å²) in [5, 5.41) is 4.93. The molecule has 1 aliphatic carbocycles. The summed E-state index contributed by atoms with van der Waals surface area (Å²) >= 11 is 0. The summed E-state index contributed by atoms with van der Waals surface area (Å²) in [6, 6.07) is 11.9. The maximum Gasteiger partial charge on any atom is 0.410 e. The van der Waals surface area contributed by atoms with Gasteiger partial charge in [-0.25, -0.2) is 9.48 Å². The molecule has 0 radical (unpaired) electrons. The van der Waals surface area contributed by atoms with Gasteiger partial charge in [0.15, 0.2) is 12.6 Å². The Morgan fingerprint density at radius 2 is 1.86 bits per heavy atom. The van der Waals surface area contributed by atoms with E-state index in [1.54, 1.807) is 7.05 Å². The van der Waals surface area contributed by atoms with Crippen LogP contribution in [0.25, 0.3) is 0 Å². The van der Waals surface area contributed by atoms with Crippen LogP contribution < -0.4 is 4.74 Å². The summed E-state index contributed by atoms with van der Waals surface area (Å²) in [4.78, 5) is 14.1. The highest BCUT2D eigenvalue weighted by Crippen LogP contribution is 2.41. The fourth-order valence-corrected chi connectivity index (χ4v) is 4.76. The van der Waals surface area contributed by atoms with Crippen molar-refractivity contribution in [3.63, 3.8) is 0 Å². The molecule has 8 nitrogen and oxygen atoms in total. The second kappa shape index (κ2) is 11.0. The smallest absolute Gasteiger partial charge is 0.410 e. The first-order chi connectivity index (χ1) is 16.7. The SMILES string of the molecule is CC1OC(C(C2CCCCC2)n2nc(CN(C)C(=O)OC(C)(C)C)cc2OCc2ccccc2)O1. The van der Waals surface area contributed by atoms with Gasteiger partial charge < -0.3 is 23.8 Å². The molecule has 2 aliphatic rings. The summed E-state index contributed by atoms with van der Waals surface area (Å²) in [6.07, 6.45) is 4.90. The molecule has 1 aromatic carbocycles. The average molecular weight is 486 g/mol.